The predicted molar refractivity (Wildman–Crippen MR) is 45.9 cm³/mol. The highest BCUT2D eigenvalue weighted by Gasteiger charge is 2.80. The summed E-state index contributed by atoms with van der Waals surface area (Å²) < 4.78 is 30.8. The SMILES string of the molecule is CN1C2C(O)C3C4OC2C(C43)S1(=O)=O. The lowest BCUT2D eigenvalue weighted by atomic mass is 9.89. The van der Waals surface area contributed by atoms with Crippen LogP contribution < -0.4 is 0 Å². The average Bonchev–Trinajstić information content (AvgIpc) is 2.65. The molecule has 1 N–H and O–H groups in total. The second-order valence-corrected chi connectivity index (χ2v) is 6.88. The van der Waals surface area contributed by atoms with Gasteiger partial charge < -0.3 is 9.84 Å². The lowest BCUT2D eigenvalue weighted by Crippen LogP contribution is -2.51. The van der Waals surface area contributed by atoms with Crippen LogP contribution in [0, 0.1) is 11.8 Å². The van der Waals surface area contributed by atoms with E-state index in [1.807, 2.05) is 0 Å². The number of sulfonamides is 1. The molecule has 78 valence electrons. The summed E-state index contributed by atoms with van der Waals surface area (Å²) in [7, 11) is -1.66. The molecule has 5 nitrogen and oxygen atoms in total. The van der Waals surface area contributed by atoms with Gasteiger partial charge in [0.15, 0.2) is 0 Å². The van der Waals surface area contributed by atoms with Crippen molar-refractivity contribution in [1.29, 1.82) is 0 Å². The van der Waals surface area contributed by atoms with E-state index in [-0.39, 0.29) is 35.3 Å². The Morgan fingerprint density at radius 3 is 2.71 bits per heavy atom. The smallest absolute Gasteiger partial charge is 0.220 e. The molecular formula is C8H11NO4S. The van der Waals surface area contributed by atoms with Crippen LogP contribution in [0.5, 0.6) is 0 Å². The first-order valence-electron chi connectivity index (χ1n) is 4.85. The van der Waals surface area contributed by atoms with E-state index >= 15 is 0 Å². The van der Waals surface area contributed by atoms with Gasteiger partial charge in [0.05, 0.1) is 24.4 Å². The number of aliphatic hydroxyl groups excluding tert-OH is 1. The lowest BCUT2D eigenvalue weighted by Gasteiger charge is -2.33. The molecule has 2 aliphatic carbocycles. The molecule has 0 aromatic rings. The molecule has 3 heterocycles. The van der Waals surface area contributed by atoms with Crippen LogP contribution in [-0.4, -0.2) is 54.5 Å². The van der Waals surface area contributed by atoms with Gasteiger partial charge in [0, 0.05) is 18.9 Å². The Balaban J connectivity index is 1.96. The number of hydrogen-bond acceptors (Lipinski definition) is 4. The normalized spacial score (nSPS) is 67.1. The van der Waals surface area contributed by atoms with Crippen molar-refractivity contribution >= 4 is 10.0 Å². The molecule has 0 amide bonds. The first-order chi connectivity index (χ1) is 6.55. The maximum absolute atomic E-state index is 11.9. The number of ether oxygens (including phenoxy) is 1. The third kappa shape index (κ3) is 0.559. The third-order valence-electron chi connectivity index (χ3n) is 4.33. The number of likely N-dealkylation sites (N-methyl/N-ethyl adjacent to an activating group) is 1. The average molecular weight is 217 g/mol. The van der Waals surface area contributed by atoms with Crippen molar-refractivity contribution < 1.29 is 18.3 Å². The standard InChI is InChI=1S/C8H11NO4S/c1-9-4-5(10)2-3-6(2)13-7(4)8(3)14(9,11)12/h2-8,10H,1H3. The van der Waals surface area contributed by atoms with Crippen LogP contribution in [0.3, 0.4) is 0 Å². The van der Waals surface area contributed by atoms with E-state index in [0.717, 1.165) is 0 Å². The van der Waals surface area contributed by atoms with E-state index in [9.17, 15) is 13.5 Å². The molecule has 5 rings (SSSR count). The second kappa shape index (κ2) is 1.89. The molecule has 7 unspecified atom stereocenters. The van der Waals surface area contributed by atoms with Crippen LogP contribution in [0.1, 0.15) is 0 Å². The van der Waals surface area contributed by atoms with Crippen molar-refractivity contribution in [3.63, 3.8) is 0 Å². The summed E-state index contributed by atoms with van der Waals surface area (Å²) in [5.41, 5.74) is 0. The second-order valence-electron chi connectivity index (χ2n) is 4.73. The predicted octanol–water partition coefficient (Wildman–Crippen LogP) is -1.61. The molecule has 7 atom stereocenters. The van der Waals surface area contributed by atoms with Crippen LogP contribution in [0.15, 0.2) is 0 Å². The molecule has 5 fully saturated rings. The first-order valence-corrected chi connectivity index (χ1v) is 6.36. The van der Waals surface area contributed by atoms with Gasteiger partial charge in [-0.15, -0.1) is 0 Å². The van der Waals surface area contributed by atoms with E-state index in [1.54, 1.807) is 7.05 Å². The summed E-state index contributed by atoms with van der Waals surface area (Å²) in [6.45, 7) is 0. The molecule has 0 radical (unpaired) electrons. The summed E-state index contributed by atoms with van der Waals surface area (Å²) in [5.74, 6) is 0.149. The van der Waals surface area contributed by atoms with Gasteiger partial charge in [0.2, 0.25) is 10.0 Å². The van der Waals surface area contributed by atoms with Crippen LogP contribution in [0.2, 0.25) is 0 Å². The fraction of sp³-hybridized carbons (Fsp3) is 1.00. The summed E-state index contributed by atoms with van der Waals surface area (Å²) in [4.78, 5) is 0. The Morgan fingerprint density at radius 1 is 1.29 bits per heavy atom. The quantitative estimate of drug-likeness (QED) is 0.530. The highest BCUT2D eigenvalue weighted by atomic mass is 32.2. The summed E-state index contributed by atoms with van der Waals surface area (Å²) in [6, 6.07) is -0.329. The van der Waals surface area contributed by atoms with Gasteiger partial charge in [-0.2, -0.15) is 4.31 Å². The van der Waals surface area contributed by atoms with Crippen LogP contribution in [0.25, 0.3) is 0 Å². The van der Waals surface area contributed by atoms with Gasteiger partial charge in [0.1, 0.15) is 5.25 Å². The Morgan fingerprint density at radius 2 is 2.00 bits per heavy atom. The summed E-state index contributed by atoms with van der Waals surface area (Å²) in [6.07, 6.45) is -0.762. The monoisotopic (exact) mass is 217 g/mol. The van der Waals surface area contributed by atoms with Gasteiger partial charge in [-0.3, -0.25) is 0 Å². The van der Waals surface area contributed by atoms with Gasteiger partial charge in [-0.05, 0) is 0 Å². The Bertz CT molecular complexity index is 421. The third-order valence-corrected chi connectivity index (χ3v) is 6.64. The van der Waals surface area contributed by atoms with Crippen molar-refractivity contribution in [3.8, 4) is 0 Å². The topological polar surface area (TPSA) is 66.8 Å². The van der Waals surface area contributed by atoms with E-state index in [0.29, 0.717) is 0 Å². The van der Waals surface area contributed by atoms with Crippen LogP contribution >= 0.6 is 0 Å². The zero-order valence-corrected chi connectivity index (χ0v) is 8.39. The van der Waals surface area contributed by atoms with Crippen molar-refractivity contribution in [3.05, 3.63) is 0 Å². The summed E-state index contributed by atoms with van der Waals surface area (Å²) >= 11 is 0. The highest BCUT2D eigenvalue weighted by molar-refractivity contribution is 7.90. The van der Waals surface area contributed by atoms with E-state index in [1.165, 1.54) is 4.31 Å². The minimum Gasteiger partial charge on any atom is -0.391 e. The molecule has 5 aliphatic rings. The van der Waals surface area contributed by atoms with Crippen molar-refractivity contribution in [2.24, 2.45) is 11.8 Å². The molecule has 0 aromatic carbocycles. The van der Waals surface area contributed by atoms with Crippen LogP contribution in [0.4, 0.5) is 0 Å². The highest BCUT2D eigenvalue weighted by Crippen LogP contribution is 2.65. The van der Waals surface area contributed by atoms with Crippen molar-refractivity contribution in [2.45, 2.75) is 29.6 Å². The first kappa shape index (κ1) is 8.04. The minimum absolute atomic E-state index is 0.0275. The number of rotatable bonds is 0. The van der Waals surface area contributed by atoms with Gasteiger partial charge in [0.25, 0.3) is 0 Å². The summed E-state index contributed by atoms with van der Waals surface area (Å²) in [5, 5.41) is 9.56. The lowest BCUT2D eigenvalue weighted by molar-refractivity contribution is -0.0795. The minimum atomic E-state index is -3.20. The molecule has 0 spiro atoms. The molecule has 6 bridgehead atoms. The van der Waals surface area contributed by atoms with E-state index in [2.05, 4.69) is 0 Å². The molecule has 3 aliphatic heterocycles. The Labute approximate surface area is 81.7 Å². The van der Waals surface area contributed by atoms with Crippen molar-refractivity contribution in [1.82, 2.24) is 4.31 Å². The van der Waals surface area contributed by atoms with Gasteiger partial charge in [-0.1, -0.05) is 0 Å². The fourth-order valence-electron chi connectivity index (χ4n) is 3.66. The zero-order valence-electron chi connectivity index (χ0n) is 7.57. The zero-order chi connectivity index (χ0) is 9.83. The van der Waals surface area contributed by atoms with Crippen LogP contribution in [-0.2, 0) is 14.8 Å². The maximum atomic E-state index is 11.9. The largest absolute Gasteiger partial charge is 0.391 e. The Hall–Kier alpha value is -0.170. The number of nitrogens with zero attached hydrogens (tertiary/aromatic N) is 1. The van der Waals surface area contributed by atoms with Gasteiger partial charge >= 0.3 is 0 Å². The molecule has 0 aromatic heterocycles. The number of aliphatic hydroxyl groups is 1. The fourth-order valence-corrected chi connectivity index (χ4v) is 5.93. The molecule has 6 heteroatoms. The molecular weight excluding hydrogens is 206 g/mol. The Kier molecular flexibility index (Phi) is 1.08. The van der Waals surface area contributed by atoms with Crippen molar-refractivity contribution in [2.75, 3.05) is 7.05 Å². The van der Waals surface area contributed by atoms with E-state index < -0.39 is 16.1 Å². The molecule has 2 saturated carbocycles. The maximum Gasteiger partial charge on any atom is 0.220 e. The molecule has 3 saturated heterocycles. The molecule has 14 heavy (non-hydrogen) atoms. The van der Waals surface area contributed by atoms with E-state index in [4.69, 9.17) is 4.74 Å². The van der Waals surface area contributed by atoms with Gasteiger partial charge in [-0.25, -0.2) is 8.42 Å². The number of hydrogen-bond donors (Lipinski definition) is 1.